The molecule has 0 spiro atoms. The second-order valence-corrected chi connectivity index (χ2v) is 17.4. The van der Waals surface area contributed by atoms with E-state index in [0.29, 0.717) is 12.8 Å². The number of carbonyl (C=O) groups excluding carboxylic acids is 6. The van der Waals surface area contributed by atoms with Crippen molar-refractivity contribution in [1.82, 2.24) is 21.3 Å². The van der Waals surface area contributed by atoms with E-state index in [2.05, 4.69) is 21.3 Å². The molecule has 0 bridgehead atoms. The van der Waals surface area contributed by atoms with E-state index < -0.39 is 113 Å². The number of aliphatic hydroxyl groups excluding tert-OH is 9. The predicted molar refractivity (Wildman–Crippen MR) is 248 cm³/mol. The minimum absolute atomic E-state index is 0.0323. The van der Waals surface area contributed by atoms with Crippen molar-refractivity contribution >= 4 is 138 Å². The molecular weight excluding hydrogens is 1250 g/mol. The first kappa shape index (κ1) is 54.0. The highest BCUT2D eigenvalue weighted by Gasteiger charge is 2.33. The van der Waals surface area contributed by atoms with Crippen LogP contribution in [0.15, 0.2) is 0 Å². The lowest BCUT2D eigenvalue weighted by atomic mass is 9.98. The van der Waals surface area contributed by atoms with Crippen molar-refractivity contribution in [2.24, 2.45) is 0 Å². The molecule has 0 aromatic heterocycles. The number of hydrogen-bond acceptors (Lipinski definition) is 15. The van der Waals surface area contributed by atoms with E-state index in [4.69, 9.17) is 0 Å². The van der Waals surface area contributed by atoms with Crippen molar-refractivity contribution in [2.45, 2.75) is 44.2 Å². The molecule has 3 unspecified atom stereocenters. The number of aliphatic hydroxyl groups is 9. The molecule has 0 aliphatic rings. The normalized spacial score (nSPS) is 12.8. The fourth-order valence-electron chi connectivity index (χ4n) is 5.60. The molecule has 25 heteroatoms. The van der Waals surface area contributed by atoms with Gasteiger partial charge in [0.05, 0.1) is 127 Å². The highest BCUT2D eigenvalue weighted by atomic mass is 127. The summed E-state index contributed by atoms with van der Waals surface area (Å²) in [5.74, 6) is -3.31. The number of nitrogens with zero attached hydrogens (tertiary/aromatic N) is 2. The lowest BCUT2D eigenvalue weighted by molar-refractivity contribution is -0.108. The van der Waals surface area contributed by atoms with Crippen LogP contribution in [-0.4, -0.2) is 179 Å². The largest absolute Gasteiger partial charge is 0.394 e. The summed E-state index contributed by atoms with van der Waals surface area (Å²) in [6.07, 6.45) is -3.67. The Morgan fingerprint density at radius 2 is 0.867 bits per heavy atom. The van der Waals surface area contributed by atoms with Gasteiger partial charge in [-0.3, -0.25) is 28.8 Å². The van der Waals surface area contributed by atoms with Gasteiger partial charge < -0.3 is 77.0 Å². The van der Waals surface area contributed by atoms with Gasteiger partial charge in [0.2, 0.25) is 12.8 Å². The van der Waals surface area contributed by atoms with Crippen molar-refractivity contribution in [3.05, 3.63) is 47.7 Å². The Hall–Kier alpha value is -2.18. The van der Waals surface area contributed by atoms with Gasteiger partial charge >= 0.3 is 0 Å². The Labute approximate surface area is 398 Å². The van der Waals surface area contributed by atoms with Crippen molar-refractivity contribution in [1.29, 1.82) is 0 Å². The Morgan fingerprint density at radius 3 is 1.25 bits per heavy atom. The minimum atomic E-state index is -1.62. The van der Waals surface area contributed by atoms with Crippen LogP contribution in [0.2, 0.25) is 0 Å². The van der Waals surface area contributed by atoms with E-state index in [1.54, 1.807) is 90.4 Å². The molecule has 2 aromatic rings. The Bertz CT molecular complexity index is 1760. The minimum Gasteiger partial charge on any atom is -0.394 e. The first-order valence-electron chi connectivity index (χ1n) is 17.7. The zero-order valence-electron chi connectivity index (χ0n) is 32.0. The van der Waals surface area contributed by atoms with E-state index in [0.717, 1.165) is 9.80 Å². The number of hydrogen-bond donors (Lipinski definition) is 13. The summed E-state index contributed by atoms with van der Waals surface area (Å²) < 4.78 is 0.404. The molecule has 2 aromatic carbocycles. The van der Waals surface area contributed by atoms with Crippen LogP contribution in [0.4, 0.5) is 11.4 Å². The number of benzene rings is 2. The van der Waals surface area contributed by atoms with Gasteiger partial charge in [0.15, 0.2) is 0 Å². The average Bonchev–Trinajstić information content (AvgIpc) is 3.21. The topological polar surface area (TPSA) is 339 Å². The maximum absolute atomic E-state index is 13.6. The molecule has 0 saturated carbocycles. The smallest absolute Gasteiger partial charge is 0.253 e. The molecule has 334 valence electrons. The zero-order valence-corrected chi connectivity index (χ0v) is 40.6. The van der Waals surface area contributed by atoms with Crippen LogP contribution in [0.3, 0.4) is 0 Å². The van der Waals surface area contributed by atoms with Crippen molar-refractivity contribution in [3.63, 3.8) is 0 Å². The summed E-state index contributed by atoms with van der Waals surface area (Å²) in [4.78, 5) is 81.9. The SMILES string of the molecule is Cc1c(C(=O)NCC(O)CO)c(I)c(N(C=O)CC(O)CN(C=O)c2c(C)c(C(=O)NC(CO)CO)c(I)c(C(=O)NCC(O)CO)c2I)c(I)c1C(=O)NC(CO)CO. The summed E-state index contributed by atoms with van der Waals surface area (Å²) in [7, 11) is 0. The third kappa shape index (κ3) is 13.4. The molecule has 60 heavy (non-hydrogen) atoms. The van der Waals surface area contributed by atoms with Crippen LogP contribution in [-0.2, 0) is 9.59 Å². The lowest BCUT2D eigenvalue weighted by Gasteiger charge is -2.30. The highest BCUT2D eigenvalue weighted by molar-refractivity contribution is 14.1. The van der Waals surface area contributed by atoms with Crippen LogP contribution in [0.1, 0.15) is 52.6 Å². The van der Waals surface area contributed by atoms with E-state index in [1.165, 1.54) is 13.8 Å². The van der Waals surface area contributed by atoms with Gasteiger partial charge in [-0.25, -0.2) is 0 Å². The Balaban J connectivity index is 2.78. The zero-order chi connectivity index (χ0) is 45.6. The standard InChI is InChI=1S/C35H46I4N6O15/c1-15-22(32(57)40-3-19(54)11-50)27(37)31(28(38)23(15)34(59)42-17(7-46)8-47)45(14-53)6-21(56)5-44(13-52)30-16(2)24(35(60)43-18(9-48)10-49)26(36)25(29(30)39)33(58)41-4-20(55)12-51/h13-14,17-21,46-51,54-56H,3-12H2,1-2H3,(H,40,57)(H,41,58)(H,42,59)(H,43,60). The van der Waals surface area contributed by atoms with Crippen LogP contribution in [0, 0.1) is 28.1 Å². The summed E-state index contributed by atoms with van der Waals surface area (Å²) in [6, 6.07) is -2.21. The molecular formula is C35H46I4N6O15. The third-order valence-corrected chi connectivity index (χ3v) is 13.0. The summed E-state index contributed by atoms with van der Waals surface area (Å²) in [5.41, 5.74) is -0.387. The van der Waals surface area contributed by atoms with Crippen molar-refractivity contribution < 1.29 is 74.7 Å². The van der Waals surface area contributed by atoms with E-state index >= 15 is 0 Å². The van der Waals surface area contributed by atoms with Crippen LogP contribution >= 0.6 is 90.4 Å². The van der Waals surface area contributed by atoms with Crippen LogP contribution in [0.25, 0.3) is 0 Å². The summed E-state index contributed by atoms with van der Waals surface area (Å²) in [6.45, 7) is -2.97. The van der Waals surface area contributed by atoms with Gasteiger partial charge in [-0.15, -0.1) is 0 Å². The molecule has 0 aliphatic carbocycles. The Morgan fingerprint density at radius 1 is 0.517 bits per heavy atom. The quantitative estimate of drug-likeness (QED) is 0.0369. The molecule has 0 saturated heterocycles. The number of nitrogens with one attached hydrogen (secondary N) is 4. The third-order valence-electron chi connectivity index (χ3n) is 8.72. The van der Waals surface area contributed by atoms with Gasteiger partial charge in [-0.2, -0.15) is 0 Å². The number of amides is 6. The lowest BCUT2D eigenvalue weighted by Crippen LogP contribution is -2.43. The summed E-state index contributed by atoms with van der Waals surface area (Å²) in [5, 5.41) is 98.0. The first-order valence-corrected chi connectivity index (χ1v) is 22.0. The van der Waals surface area contributed by atoms with Crippen molar-refractivity contribution in [3.8, 4) is 0 Å². The summed E-state index contributed by atoms with van der Waals surface area (Å²) >= 11 is 7.02. The van der Waals surface area contributed by atoms with Gasteiger partial charge in [-0.1, -0.05) is 0 Å². The molecule has 3 atom stereocenters. The predicted octanol–water partition coefficient (Wildman–Crippen LogP) is -2.96. The maximum Gasteiger partial charge on any atom is 0.253 e. The number of halogens is 4. The second kappa shape index (κ2) is 25.8. The van der Waals surface area contributed by atoms with Gasteiger partial charge in [0.25, 0.3) is 23.6 Å². The first-order chi connectivity index (χ1) is 28.3. The fourth-order valence-corrected chi connectivity index (χ4v) is 11.5. The van der Waals surface area contributed by atoms with Crippen LogP contribution in [0.5, 0.6) is 0 Å². The van der Waals surface area contributed by atoms with Crippen LogP contribution < -0.4 is 31.1 Å². The van der Waals surface area contributed by atoms with E-state index in [-0.39, 0.29) is 65.6 Å². The van der Waals surface area contributed by atoms with Crippen molar-refractivity contribution in [2.75, 3.05) is 75.6 Å². The molecule has 2 rings (SSSR count). The molecule has 0 fully saturated rings. The van der Waals surface area contributed by atoms with Gasteiger partial charge in [0, 0.05) is 16.7 Å². The second-order valence-electron chi connectivity index (χ2n) is 13.0. The molecule has 21 nitrogen and oxygen atoms in total. The van der Waals surface area contributed by atoms with Gasteiger partial charge in [-0.05, 0) is 115 Å². The molecule has 13 N–H and O–H groups in total. The number of rotatable bonds is 24. The van der Waals surface area contributed by atoms with Gasteiger partial charge in [0.1, 0.15) is 0 Å². The average molecular weight is 1300 g/mol. The molecule has 0 aliphatic heterocycles. The highest BCUT2D eigenvalue weighted by Crippen LogP contribution is 2.38. The fraction of sp³-hybridized carbons (Fsp3) is 0.486. The number of anilines is 2. The molecule has 0 heterocycles. The molecule has 6 amide bonds. The number of carbonyl (C=O) groups is 6. The van der Waals surface area contributed by atoms with E-state index in [9.17, 15) is 74.7 Å². The monoisotopic (exact) mass is 1300 g/mol. The maximum atomic E-state index is 13.6. The Kier molecular flexibility index (Phi) is 23.2. The molecule has 0 radical (unpaired) electrons. The van der Waals surface area contributed by atoms with E-state index in [1.807, 2.05) is 0 Å².